The second-order valence-electron chi connectivity index (χ2n) is 7.90. The number of ketones is 1. The van der Waals surface area contributed by atoms with E-state index in [-0.39, 0.29) is 11.3 Å². The summed E-state index contributed by atoms with van der Waals surface area (Å²) in [7, 11) is 1.57. The predicted octanol–water partition coefficient (Wildman–Crippen LogP) is 5.84. The summed E-state index contributed by atoms with van der Waals surface area (Å²) in [5.41, 5.74) is 2.11. The van der Waals surface area contributed by atoms with Crippen LogP contribution >= 0.6 is 11.3 Å². The fourth-order valence-corrected chi connectivity index (χ4v) is 5.27. The number of carbonyl (C=O) groups is 2. The Morgan fingerprint density at radius 2 is 1.70 bits per heavy atom. The molecule has 1 aliphatic heterocycles. The molecule has 0 aliphatic carbocycles. The van der Waals surface area contributed by atoms with E-state index >= 15 is 0 Å². The lowest BCUT2D eigenvalue weighted by Gasteiger charge is -2.25. The Morgan fingerprint density at radius 1 is 0.970 bits per heavy atom. The van der Waals surface area contributed by atoms with Crippen LogP contribution in [0.25, 0.3) is 16.5 Å². The summed E-state index contributed by atoms with van der Waals surface area (Å²) in [5, 5.41) is 15.2. The van der Waals surface area contributed by atoms with Crippen LogP contribution in [0.4, 0.5) is 5.69 Å². The number of aliphatic hydroxyl groups is 1. The summed E-state index contributed by atoms with van der Waals surface area (Å²) >= 11 is 1.46. The van der Waals surface area contributed by atoms with E-state index in [2.05, 4.69) is 0 Å². The van der Waals surface area contributed by atoms with Crippen LogP contribution in [0.15, 0.2) is 83.7 Å². The van der Waals surface area contributed by atoms with Crippen molar-refractivity contribution in [2.45, 2.75) is 13.0 Å². The Balaban J connectivity index is 1.71. The van der Waals surface area contributed by atoms with Gasteiger partial charge < -0.3 is 9.84 Å². The number of Topliss-reactive ketones (excluding diaryl/α,β-unsaturated/α-hetero) is 1. The number of anilines is 1. The number of amides is 1. The van der Waals surface area contributed by atoms with Crippen LogP contribution in [0.5, 0.6) is 5.75 Å². The summed E-state index contributed by atoms with van der Waals surface area (Å²) in [6, 6.07) is 21.5. The number of fused-ring (bicyclic) bond motifs is 1. The van der Waals surface area contributed by atoms with Gasteiger partial charge in [0.1, 0.15) is 17.6 Å². The molecule has 1 aromatic heterocycles. The van der Waals surface area contributed by atoms with Crippen molar-refractivity contribution >= 4 is 45.2 Å². The zero-order chi connectivity index (χ0) is 23.1. The largest absolute Gasteiger partial charge is 0.507 e. The minimum Gasteiger partial charge on any atom is -0.507 e. The first-order valence-corrected chi connectivity index (χ1v) is 11.4. The zero-order valence-electron chi connectivity index (χ0n) is 18.1. The van der Waals surface area contributed by atoms with Crippen LogP contribution in [-0.2, 0) is 9.59 Å². The van der Waals surface area contributed by atoms with Crippen LogP contribution in [0.1, 0.15) is 22.0 Å². The monoisotopic (exact) mass is 455 g/mol. The highest BCUT2D eigenvalue weighted by atomic mass is 32.1. The van der Waals surface area contributed by atoms with Gasteiger partial charge in [-0.1, -0.05) is 36.4 Å². The van der Waals surface area contributed by atoms with E-state index in [1.54, 1.807) is 37.4 Å². The Morgan fingerprint density at radius 3 is 2.36 bits per heavy atom. The van der Waals surface area contributed by atoms with Crippen LogP contribution < -0.4 is 9.64 Å². The molecule has 4 aromatic rings. The molecule has 1 N–H and O–H groups in total. The first kappa shape index (κ1) is 21.0. The van der Waals surface area contributed by atoms with Crippen LogP contribution in [0, 0.1) is 6.92 Å². The van der Waals surface area contributed by atoms with Gasteiger partial charge in [-0.3, -0.25) is 14.5 Å². The van der Waals surface area contributed by atoms with Gasteiger partial charge in [-0.05, 0) is 65.0 Å². The van der Waals surface area contributed by atoms with Gasteiger partial charge in [-0.25, -0.2) is 0 Å². The molecule has 0 saturated carbocycles. The van der Waals surface area contributed by atoms with Gasteiger partial charge in [0, 0.05) is 16.1 Å². The molecule has 3 aromatic carbocycles. The van der Waals surface area contributed by atoms with Crippen molar-refractivity contribution in [3.8, 4) is 5.75 Å². The quantitative estimate of drug-likeness (QED) is 0.238. The van der Waals surface area contributed by atoms with Gasteiger partial charge in [0.2, 0.25) is 0 Å². The van der Waals surface area contributed by atoms with Crippen LogP contribution in [0.3, 0.4) is 0 Å². The van der Waals surface area contributed by atoms with E-state index in [0.29, 0.717) is 17.0 Å². The standard InChI is InChI=1S/C27H21NO4S/c1-16-13-14-33-26(16)23-22(24(29)19-8-7-17-5-3-4-6-18(17)15-19)25(30)27(31)28(23)20-9-11-21(32-2)12-10-20/h3-15,23,29H,1-2H3/b24-22-. The topological polar surface area (TPSA) is 66.8 Å². The van der Waals surface area contributed by atoms with Crippen molar-refractivity contribution in [2.24, 2.45) is 0 Å². The summed E-state index contributed by atoms with van der Waals surface area (Å²) in [4.78, 5) is 28.8. The number of ether oxygens (including phenoxy) is 1. The molecule has 6 heteroatoms. The molecule has 164 valence electrons. The lowest BCUT2D eigenvalue weighted by Crippen LogP contribution is -2.29. The third-order valence-corrected chi connectivity index (χ3v) is 7.04. The maximum atomic E-state index is 13.3. The molecule has 1 amide bonds. The second kappa shape index (κ2) is 8.22. The van der Waals surface area contributed by atoms with Crippen molar-refractivity contribution < 1.29 is 19.4 Å². The first-order chi connectivity index (χ1) is 16.0. The molecule has 1 fully saturated rings. The molecular formula is C27H21NO4S. The normalized spacial score (nSPS) is 17.6. The Bertz CT molecular complexity index is 1420. The number of nitrogens with zero attached hydrogens (tertiary/aromatic N) is 1. The molecule has 5 rings (SSSR count). The highest BCUT2D eigenvalue weighted by Gasteiger charge is 2.47. The minimum absolute atomic E-state index is 0.0941. The molecule has 33 heavy (non-hydrogen) atoms. The smallest absolute Gasteiger partial charge is 0.300 e. The summed E-state index contributed by atoms with van der Waals surface area (Å²) < 4.78 is 5.23. The van der Waals surface area contributed by atoms with Gasteiger partial charge in [0.25, 0.3) is 11.7 Å². The fraction of sp³-hybridized carbons (Fsp3) is 0.111. The third kappa shape index (κ3) is 3.49. The molecule has 1 saturated heterocycles. The molecule has 5 nitrogen and oxygen atoms in total. The number of hydrogen-bond acceptors (Lipinski definition) is 5. The third-order valence-electron chi connectivity index (χ3n) is 5.97. The lowest BCUT2D eigenvalue weighted by molar-refractivity contribution is -0.132. The van der Waals surface area contributed by atoms with Gasteiger partial charge >= 0.3 is 0 Å². The summed E-state index contributed by atoms with van der Waals surface area (Å²) in [5.74, 6) is -0.891. The highest BCUT2D eigenvalue weighted by Crippen LogP contribution is 2.45. The molecule has 0 spiro atoms. The molecular weight excluding hydrogens is 434 g/mol. The molecule has 0 radical (unpaired) electrons. The average Bonchev–Trinajstić information content (AvgIpc) is 3.38. The van der Waals surface area contributed by atoms with Crippen LogP contribution in [0.2, 0.25) is 0 Å². The summed E-state index contributed by atoms with van der Waals surface area (Å²) in [6.07, 6.45) is 0. The van der Waals surface area contributed by atoms with E-state index < -0.39 is 17.7 Å². The number of hydrogen-bond donors (Lipinski definition) is 1. The first-order valence-electron chi connectivity index (χ1n) is 10.5. The Hall–Kier alpha value is -3.90. The van der Waals surface area contributed by atoms with E-state index in [0.717, 1.165) is 21.2 Å². The molecule has 0 bridgehead atoms. The fourth-order valence-electron chi connectivity index (χ4n) is 4.25. The predicted molar refractivity (Wildman–Crippen MR) is 131 cm³/mol. The van der Waals surface area contributed by atoms with Crippen molar-refractivity contribution in [3.05, 3.63) is 99.8 Å². The molecule has 2 heterocycles. The minimum atomic E-state index is -0.718. The second-order valence-corrected chi connectivity index (χ2v) is 8.84. The van der Waals surface area contributed by atoms with Crippen molar-refractivity contribution in [1.29, 1.82) is 0 Å². The van der Waals surface area contributed by atoms with Gasteiger partial charge in [-0.2, -0.15) is 0 Å². The summed E-state index contributed by atoms with van der Waals surface area (Å²) in [6.45, 7) is 1.94. The number of aliphatic hydroxyl groups excluding tert-OH is 1. The van der Waals surface area contributed by atoms with E-state index in [9.17, 15) is 14.7 Å². The van der Waals surface area contributed by atoms with Gasteiger partial charge in [-0.15, -0.1) is 11.3 Å². The van der Waals surface area contributed by atoms with Gasteiger partial charge in [0.15, 0.2) is 0 Å². The van der Waals surface area contributed by atoms with Crippen molar-refractivity contribution in [1.82, 2.24) is 0 Å². The average molecular weight is 456 g/mol. The molecule has 1 aliphatic rings. The maximum absolute atomic E-state index is 13.3. The number of methoxy groups -OCH3 is 1. The van der Waals surface area contributed by atoms with Crippen molar-refractivity contribution in [3.63, 3.8) is 0 Å². The number of thiophene rings is 1. The van der Waals surface area contributed by atoms with Crippen molar-refractivity contribution in [2.75, 3.05) is 12.0 Å². The zero-order valence-corrected chi connectivity index (χ0v) is 18.9. The Kier molecular flexibility index (Phi) is 5.23. The number of aryl methyl sites for hydroxylation is 1. The van der Waals surface area contributed by atoms with E-state index in [4.69, 9.17) is 4.74 Å². The molecule has 1 unspecified atom stereocenters. The maximum Gasteiger partial charge on any atom is 0.300 e. The number of benzene rings is 3. The van der Waals surface area contributed by atoms with E-state index in [1.807, 2.05) is 54.8 Å². The lowest BCUT2D eigenvalue weighted by atomic mass is 9.97. The van der Waals surface area contributed by atoms with Gasteiger partial charge in [0.05, 0.1) is 12.7 Å². The highest BCUT2D eigenvalue weighted by molar-refractivity contribution is 7.10. The van der Waals surface area contributed by atoms with E-state index in [1.165, 1.54) is 16.2 Å². The number of carbonyl (C=O) groups excluding carboxylic acids is 2. The SMILES string of the molecule is COc1ccc(N2C(=O)C(=O)/C(=C(\O)c3ccc4ccccc4c3)C2c2sccc2C)cc1. The Labute approximate surface area is 195 Å². The van der Waals surface area contributed by atoms with Crippen LogP contribution in [-0.4, -0.2) is 23.9 Å². The number of rotatable bonds is 4. The molecule has 1 atom stereocenters.